The number of Topliss-reactive ketones (excluding diaryl/α,β-unsaturated/α-hetero) is 1. The van der Waals surface area contributed by atoms with Crippen LogP contribution in [-0.4, -0.2) is 29.0 Å². The summed E-state index contributed by atoms with van der Waals surface area (Å²) in [6.45, 7) is 4.01. The maximum atomic E-state index is 12.9. The van der Waals surface area contributed by atoms with Crippen molar-refractivity contribution in [1.82, 2.24) is 0 Å². The molecule has 1 aliphatic carbocycles. The number of hydrogen-bond acceptors (Lipinski definition) is 6. The van der Waals surface area contributed by atoms with Gasteiger partial charge in [0.25, 0.3) is 5.69 Å². The lowest BCUT2D eigenvalue weighted by Crippen LogP contribution is -2.37. The lowest BCUT2D eigenvalue weighted by atomic mass is 9.71. The molecule has 1 aromatic rings. The number of nitro groups is 1. The molecule has 0 fully saturated rings. The minimum atomic E-state index is -0.834. The third-order valence-electron chi connectivity index (χ3n) is 5.30. The number of para-hydroxylation sites is 1. The van der Waals surface area contributed by atoms with Crippen LogP contribution in [0.2, 0.25) is 0 Å². The van der Waals surface area contributed by atoms with Gasteiger partial charge in [0.15, 0.2) is 5.78 Å². The van der Waals surface area contributed by atoms with Crippen molar-refractivity contribution in [3.8, 4) is 0 Å². The third kappa shape index (κ3) is 3.74. The number of carbonyl (C=O) groups is 2. The lowest BCUT2D eigenvalue weighted by molar-refractivity contribution is -0.385. The van der Waals surface area contributed by atoms with Gasteiger partial charge in [-0.3, -0.25) is 24.7 Å². The van der Waals surface area contributed by atoms with Gasteiger partial charge in [0.05, 0.1) is 11.5 Å². The molecular weight excluding hydrogens is 360 g/mol. The zero-order chi connectivity index (χ0) is 20.3. The van der Waals surface area contributed by atoms with Crippen molar-refractivity contribution in [1.29, 1.82) is 0 Å². The van der Waals surface area contributed by atoms with Crippen LogP contribution in [0.3, 0.4) is 0 Å². The standard InChI is InChI=1S/C21H24N2O5/c1-3-4-12-28-21(25)18-13(2)22-15-9-7-11-17(24)20(15)19(18)14-8-5-6-10-16(14)23(26)27/h5-6,8,10,18-19H,3-4,7,9,11-12H2,1-2H3/t18?,19-/m1/s1. The predicted octanol–water partition coefficient (Wildman–Crippen LogP) is 4.12. The number of allylic oxidation sites excluding steroid dienone is 2. The van der Waals surface area contributed by atoms with Gasteiger partial charge in [-0.15, -0.1) is 0 Å². The van der Waals surface area contributed by atoms with E-state index in [1.807, 2.05) is 6.92 Å². The second-order valence-electron chi connectivity index (χ2n) is 7.18. The minimum Gasteiger partial charge on any atom is -0.465 e. The first-order valence-corrected chi connectivity index (χ1v) is 9.67. The summed E-state index contributed by atoms with van der Waals surface area (Å²) in [7, 11) is 0. The Morgan fingerprint density at radius 2 is 2.07 bits per heavy atom. The molecule has 0 N–H and O–H groups in total. The van der Waals surface area contributed by atoms with Crippen molar-refractivity contribution in [3.63, 3.8) is 0 Å². The summed E-state index contributed by atoms with van der Waals surface area (Å²) in [5, 5.41) is 11.6. The molecule has 0 aromatic heterocycles. The first-order valence-electron chi connectivity index (χ1n) is 9.67. The first kappa shape index (κ1) is 19.9. The molecule has 3 rings (SSSR count). The number of unbranched alkanes of at least 4 members (excludes halogenated alkanes) is 1. The Hall–Kier alpha value is -2.83. The van der Waals surface area contributed by atoms with E-state index >= 15 is 0 Å². The largest absolute Gasteiger partial charge is 0.465 e. The Kier molecular flexibility index (Phi) is 6.02. The van der Waals surface area contributed by atoms with Crippen molar-refractivity contribution < 1.29 is 19.2 Å². The quantitative estimate of drug-likeness (QED) is 0.318. The van der Waals surface area contributed by atoms with Crippen LogP contribution >= 0.6 is 0 Å². The summed E-state index contributed by atoms with van der Waals surface area (Å²) < 4.78 is 5.44. The van der Waals surface area contributed by atoms with E-state index in [-0.39, 0.29) is 18.1 Å². The molecule has 0 amide bonds. The number of nitrogens with zero attached hydrogens (tertiary/aromatic N) is 2. The van der Waals surface area contributed by atoms with Crippen molar-refractivity contribution in [3.05, 3.63) is 51.2 Å². The van der Waals surface area contributed by atoms with Crippen LogP contribution in [0, 0.1) is 16.0 Å². The highest BCUT2D eigenvalue weighted by atomic mass is 16.6. The van der Waals surface area contributed by atoms with E-state index in [1.165, 1.54) is 6.07 Å². The summed E-state index contributed by atoms with van der Waals surface area (Å²) in [5.41, 5.74) is 1.89. The first-order chi connectivity index (χ1) is 13.5. The molecule has 0 spiro atoms. The van der Waals surface area contributed by atoms with Crippen LogP contribution in [0.15, 0.2) is 40.5 Å². The number of esters is 1. The van der Waals surface area contributed by atoms with Gasteiger partial charge in [-0.25, -0.2) is 0 Å². The molecule has 28 heavy (non-hydrogen) atoms. The molecule has 0 saturated carbocycles. The number of hydrogen-bond donors (Lipinski definition) is 0. The van der Waals surface area contributed by atoms with Crippen molar-refractivity contribution in [2.75, 3.05) is 6.61 Å². The van der Waals surface area contributed by atoms with Crippen molar-refractivity contribution >= 4 is 23.2 Å². The second-order valence-corrected chi connectivity index (χ2v) is 7.18. The summed E-state index contributed by atoms with van der Waals surface area (Å²) in [6.07, 6.45) is 3.31. The van der Waals surface area contributed by atoms with Crippen molar-refractivity contribution in [2.24, 2.45) is 10.9 Å². The summed E-state index contributed by atoms with van der Waals surface area (Å²) in [4.78, 5) is 41.4. The molecule has 7 nitrogen and oxygen atoms in total. The van der Waals surface area contributed by atoms with E-state index in [0.29, 0.717) is 41.8 Å². The monoisotopic (exact) mass is 384 g/mol. The highest BCUT2D eigenvalue weighted by Gasteiger charge is 2.45. The maximum absolute atomic E-state index is 12.9. The molecule has 1 aromatic carbocycles. The van der Waals surface area contributed by atoms with Crippen LogP contribution in [0.5, 0.6) is 0 Å². The molecule has 2 atom stereocenters. The summed E-state index contributed by atoms with van der Waals surface area (Å²) >= 11 is 0. The normalized spacial score (nSPS) is 21.8. The Balaban J connectivity index is 2.12. The molecule has 0 bridgehead atoms. The number of aliphatic imine (C=N–C) groups is 1. The van der Waals surface area contributed by atoms with Gasteiger partial charge in [-0.2, -0.15) is 0 Å². The molecular formula is C21H24N2O5. The Bertz CT molecular complexity index is 871. The second kappa shape index (κ2) is 8.46. The highest BCUT2D eigenvalue weighted by Crippen LogP contribution is 2.45. The van der Waals surface area contributed by atoms with E-state index in [2.05, 4.69) is 4.99 Å². The topological polar surface area (TPSA) is 98.9 Å². The fraction of sp³-hybridized carbons (Fsp3) is 0.476. The SMILES string of the molecule is CCCCOC(=O)C1C(C)=NC2=C(C(=O)CCC2)[C@@H]1c1ccccc1[N+](=O)[O-]. The number of rotatable bonds is 6. The number of nitro benzene ring substituents is 1. The van der Waals surface area contributed by atoms with E-state index < -0.39 is 22.7 Å². The van der Waals surface area contributed by atoms with Crippen LogP contribution < -0.4 is 0 Å². The molecule has 1 unspecified atom stereocenters. The van der Waals surface area contributed by atoms with Gasteiger partial charge in [0.1, 0.15) is 5.92 Å². The number of carbonyl (C=O) groups excluding carboxylic acids is 2. The van der Waals surface area contributed by atoms with Crippen LogP contribution in [0.1, 0.15) is 57.4 Å². The van der Waals surface area contributed by atoms with Crippen LogP contribution in [-0.2, 0) is 14.3 Å². The lowest BCUT2D eigenvalue weighted by Gasteiger charge is -2.34. The maximum Gasteiger partial charge on any atom is 0.315 e. The average Bonchev–Trinajstić information content (AvgIpc) is 2.67. The molecule has 1 aliphatic heterocycles. The number of benzene rings is 1. The molecule has 2 aliphatic rings. The van der Waals surface area contributed by atoms with Gasteiger partial charge >= 0.3 is 5.97 Å². The zero-order valence-corrected chi connectivity index (χ0v) is 16.1. The average molecular weight is 384 g/mol. The Labute approximate surface area is 163 Å². The predicted molar refractivity (Wildman–Crippen MR) is 104 cm³/mol. The third-order valence-corrected chi connectivity index (χ3v) is 5.30. The van der Waals surface area contributed by atoms with Crippen molar-refractivity contribution in [2.45, 2.75) is 51.9 Å². The molecule has 0 saturated heterocycles. The van der Waals surface area contributed by atoms with E-state index in [9.17, 15) is 19.7 Å². The highest BCUT2D eigenvalue weighted by molar-refractivity contribution is 6.09. The van der Waals surface area contributed by atoms with Gasteiger partial charge in [-0.05, 0) is 26.2 Å². The van der Waals surface area contributed by atoms with E-state index in [1.54, 1.807) is 25.1 Å². The minimum absolute atomic E-state index is 0.0907. The molecule has 7 heteroatoms. The molecule has 1 heterocycles. The summed E-state index contributed by atoms with van der Waals surface area (Å²) in [5.74, 6) is -2.15. The van der Waals surface area contributed by atoms with Crippen LogP contribution in [0.4, 0.5) is 5.69 Å². The van der Waals surface area contributed by atoms with Crippen LogP contribution in [0.25, 0.3) is 0 Å². The number of ether oxygens (including phenoxy) is 1. The molecule has 148 valence electrons. The fourth-order valence-corrected chi connectivity index (χ4v) is 3.97. The smallest absolute Gasteiger partial charge is 0.315 e. The van der Waals surface area contributed by atoms with Gasteiger partial charge in [0, 0.05) is 41.0 Å². The zero-order valence-electron chi connectivity index (χ0n) is 16.1. The molecule has 0 radical (unpaired) electrons. The Morgan fingerprint density at radius 3 is 2.79 bits per heavy atom. The van der Waals surface area contributed by atoms with Gasteiger partial charge < -0.3 is 4.74 Å². The fourth-order valence-electron chi connectivity index (χ4n) is 3.97. The van der Waals surface area contributed by atoms with E-state index in [4.69, 9.17) is 4.74 Å². The van der Waals surface area contributed by atoms with Gasteiger partial charge in [0.2, 0.25) is 0 Å². The van der Waals surface area contributed by atoms with Gasteiger partial charge in [-0.1, -0.05) is 31.5 Å². The number of ketones is 1. The summed E-state index contributed by atoms with van der Waals surface area (Å²) in [6, 6.07) is 6.30. The Morgan fingerprint density at radius 1 is 1.32 bits per heavy atom. The van der Waals surface area contributed by atoms with E-state index in [0.717, 1.165) is 12.8 Å².